The molecule has 4 amide bonds. The molecule has 0 aromatic heterocycles. The number of ether oxygens (including phenoxy) is 6. The molecule has 16 nitrogen and oxygen atoms in total. The number of likely N-dealkylation sites (tertiary alicyclic amines) is 1. The molecule has 3 aromatic carbocycles. The number of halogens is 1. The Labute approximate surface area is 398 Å². The smallest absolute Gasteiger partial charge is 0.329 e. The first-order valence-electron chi connectivity index (χ1n) is 23.0. The van der Waals surface area contributed by atoms with Gasteiger partial charge in [-0.2, -0.15) is 0 Å². The Morgan fingerprint density at radius 1 is 0.851 bits per heavy atom. The molecule has 2 aliphatic rings. The van der Waals surface area contributed by atoms with Gasteiger partial charge in [-0.3, -0.25) is 24.0 Å². The third-order valence-electron chi connectivity index (χ3n) is 12.0. The molecule has 0 radical (unpaired) electrons. The fourth-order valence-corrected chi connectivity index (χ4v) is 7.97. The summed E-state index contributed by atoms with van der Waals surface area (Å²) in [5.41, 5.74) is 3.00. The Morgan fingerprint density at radius 3 is 2.37 bits per heavy atom. The second-order valence-corrected chi connectivity index (χ2v) is 17.4. The highest BCUT2D eigenvalue weighted by Gasteiger charge is 2.41. The minimum atomic E-state index is -0.905. The molecular weight excluding hydrogens is 884 g/mol. The Balaban J connectivity index is 1.07. The van der Waals surface area contributed by atoms with E-state index in [0.717, 1.165) is 29.7 Å². The van der Waals surface area contributed by atoms with Crippen LogP contribution in [0.15, 0.2) is 60.7 Å². The highest BCUT2D eigenvalue weighted by molar-refractivity contribution is 6.38. The van der Waals surface area contributed by atoms with Crippen LogP contribution in [0, 0.1) is 5.41 Å². The van der Waals surface area contributed by atoms with Crippen molar-refractivity contribution in [2.45, 2.75) is 90.7 Å². The van der Waals surface area contributed by atoms with E-state index in [-0.39, 0.29) is 76.1 Å². The third kappa shape index (κ3) is 15.1. The maximum atomic E-state index is 14.0. The average molecular weight is 950 g/mol. The number of nitrogens with zero attached hydrogens (tertiary/aromatic N) is 2. The lowest BCUT2D eigenvalue weighted by atomic mass is 9.84. The quantitative estimate of drug-likeness (QED) is 0.0414. The first-order valence-corrected chi connectivity index (χ1v) is 23.5. The number of fused-ring (bicyclic) bond motifs is 1. The molecule has 364 valence electrons. The van der Waals surface area contributed by atoms with Gasteiger partial charge in [0.15, 0.2) is 18.1 Å². The van der Waals surface area contributed by atoms with Gasteiger partial charge in [0.25, 0.3) is 11.8 Å². The Bertz CT molecular complexity index is 2180. The van der Waals surface area contributed by atoms with E-state index in [4.69, 9.17) is 40.0 Å². The number of aryl methyl sites for hydroxylation is 2. The molecular formula is C50H65ClN4O12. The number of amides is 4. The van der Waals surface area contributed by atoms with Crippen LogP contribution < -0.4 is 29.7 Å². The van der Waals surface area contributed by atoms with Gasteiger partial charge >= 0.3 is 5.97 Å². The normalized spacial score (nSPS) is 15.2. The first kappa shape index (κ1) is 52.3. The molecule has 2 atom stereocenters. The van der Waals surface area contributed by atoms with Crippen molar-refractivity contribution in [3.63, 3.8) is 0 Å². The molecule has 1 saturated heterocycles. The summed E-state index contributed by atoms with van der Waals surface area (Å²) in [6.07, 6.45) is 4.06. The fourth-order valence-electron chi connectivity index (χ4n) is 7.83. The Morgan fingerprint density at radius 2 is 1.63 bits per heavy atom. The maximum absolute atomic E-state index is 14.0. The van der Waals surface area contributed by atoms with E-state index in [9.17, 15) is 28.8 Å². The number of Topliss-reactive ketones (excluding diaryl/α,β-unsaturated/α-hetero) is 1. The molecule has 67 heavy (non-hydrogen) atoms. The van der Waals surface area contributed by atoms with E-state index in [0.29, 0.717) is 73.6 Å². The molecule has 3 aromatic rings. The van der Waals surface area contributed by atoms with Gasteiger partial charge in [0, 0.05) is 36.4 Å². The third-order valence-corrected chi connectivity index (χ3v) is 12.3. The molecule has 0 aliphatic carbocycles. The number of ketones is 1. The van der Waals surface area contributed by atoms with Crippen LogP contribution in [-0.4, -0.2) is 119 Å². The van der Waals surface area contributed by atoms with Crippen molar-refractivity contribution in [2.75, 3.05) is 83.0 Å². The molecule has 17 heteroatoms. The summed E-state index contributed by atoms with van der Waals surface area (Å²) >= 11 is 5.76. The molecule has 0 saturated carbocycles. The number of methoxy groups -OCH3 is 2. The van der Waals surface area contributed by atoms with Crippen molar-refractivity contribution < 1.29 is 57.2 Å². The first-order chi connectivity index (χ1) is 32.3. The number of benzene rings is 3. The van der Waals surface area contributed by atoms with Crippen LogP contribution in [0.1, 0.15) is 88.5 Å². The van der Waals surface area contributed by atoms with Crippen LogP contribution in [-0.2, 0) is 55.8 Å². The number of nitrogens with one attached hydrogen (secondary N) is 2. The number of hydrogen-bond acceptors (Lipinski definition) is 12. The average Bonchev–Trinajstić information content (AvgIpc) is 3.35. The van der Waals surface area contributed by atoms with E-state index < -0.39 is 35.2 Å². The van der Waals surface area contributed by atoms with Crippen molar-refractivity contribution in [1.82, 2.24) is 10.2 Å². The molecule has 2 aliphatic heterocycles. The second kappa shape index (κ2) is 26.0. The Kier molecular flexibility index (Phi) is 20.3. The molecule has 1 fully saturated rings. The molecule has 0 bridgehead atoms. The van der Waals surface area contributed by atoms with Gasteiger partial charge in [0.2, 0.25) is 17.6 Å². The van der Waals surface area contributed by atoms with E-state index in [1.165, 1.54) is 4.90 Å². The van der Waals surface area contributed by atoms with Crippen molar-refractivity contribution in [3.05, 3.63) is 77.4 Å². The molecule has 5 rings (SSSR count). The van der Waals surface area contributed by atoms with Crippen molar-refractivity contribution in [1.29, 1.82) is 0 Å². The van der Waals surface area contributed by atoms with Crippen LogP contribution in [0.5, 0.6) is 17.2 Å². The molecule has 2 heterocycles. The van der Waals surface area contributed by atoms with Gasteiger partial charge in [-0.1, -0.05) is 39.0 Å². The summed E-state index contributed by atoms with van der Waals surface area (Å²) in [6.45, 7) is 7.25. The van der Waals surface area contributed by atoms with Crippen molar-refractivity contribution in [3.8, 4) is 17.2 Å². The summed E-state index contributed by atoms with van der Waals surface area (Å²) in [6, 6.07) is 17.2. The lowest BCUT2D eigenvalue weighted by Gasteiger charge is -2.36. The summed E-state index contributed by atoms with van der Waals surface area (Å²) < 4.78 is 34.0. The van der Waals surface area contributed by atoms with E-state index >= 15 is 0 Å². The topological polar surface area (TPSA) is 188 Å². The van der Waals surface area contributed by atoms with Crippen molar-refractivity contribution in [2.24, 2.45) is 5.41 Å². The number of alkyl halides is 1. The van der Waals surface area contributed by atoms with Crippen molar-refractivity contribution >= 4 is 58.4 Å². The number of carbonyl (C=O) groups is 6. The van der Waals surface area contributed by atoms with Crippen LogP contribution >= 0.6 is 11.6 Å². The lowest BCUT2D eigenvalue weighted by molar-refractivity contribution is -0.164. The van der Waals surface area contributed by atoms with Crippen LogP contribution in [0.4, 0.5) is 11.4 Å². The number of piperidine rings is 1. The summed E-state index contributed by atoms with van der Waals surface area (Å²) in [5.74, 6) is -0.897. The summed E-state index contributed by atoms with van der Waals surface area (Å²) in [7, 11) is 3.12. The van der Waals surface area contributed by atoms with Gasteiger partial charge in [-0.05, 0) is 111 Å². The summed E-state index contributed by atoms with van der Waals surface area (Å²) in [5, 5.41) is 5.65. The van der Waals surface area contributed by atoms with Gasteiger partial charge in [0.1, 0.15) is 23.8 Å². The SMILES string of the molecule is CCC(C)(C)C(=O)C(=O)N1CCCCC1C(=O)O[C@H](CCc1ccc(OC)c(OC)c1)c1cccc(NC(=O)CCOCCOCCNC(=O)COc2ccc3c(c2)CCCN3C(=O)CCl)c1. The number of hydrogen-bond donors (Lipinski definition) is 2. The minimum absolute atomic E-state index is 0.0745. The van der Waals surface area contributed by atoms with Gasteiger partial charge in [0.05, 0.1) is 47.1 Å². The van der Waals surface area contributed by atoms with Crippen LogP contribution in [0.25, 0.3) is 0 Å². The maximum Gasteiger partial charge on any atom is 0.329 e. The zero-order valence-corrected chi connectivity index (χ0v) is 40.1. The monoisotopic (exact) mass is 948 g/mol. The van der Waals surface area contributed by atoms with Gasteiger partial charge in [-0.25, -0.2) is 4.79 Å². The van der Waals surface area contributed by atoms with E-state index in [1.54, 1.807) is 57.2 Å². The standard InChI is InChI=1S/C50H65ClN4O12/c1-6-50(2,3)47(59)48(60)55-23-8-7-14-40(55)49(61)67-41(19-15-34-16-20-42(62-4)43(29-34)63-5)36-11-9-13-37(30-36)53-44(56)21-25-64-27-28-65-26-22-52-45(57)33-66-38-17-18-39-35(31-38)12-10-24-54(39)46(58)32-51/h9,11,13,16-18,20,29-31,40-41H,6-8,10,12,14-15,19,21-28,32-33H2,1-5H3,(H,52,57)(H,53,56)/t40?,41-/m1/s1. The van der Waals surface area contributed by atoms with Crippen LogP contribution in [0.3, 0.4) is 0 Å². The zero-order valence-electron chi connectivity index (χ0n) is 39.3. The molecule has 1 unspecified atom stereocenters. The minimum Gasteiger partial charge on any atom is -0.493 e. The van der Waals surface area contributed by atoms with E-state index in [1.807, 2.05) is 43.3 Å². The highest BCUT2D eigenvalue weighted by atomic mass is 35.5. The van der Waals surface area contributed by atoms with E-state index in [2.05, 4.69) is 10.6 Å². The van der Waals surface area contributed by atoms with Gasteiger partial charge < -0.3 is 48.9 Å². The molecule has 0 spiro atoms. The predicted molar refractivity (Wildman–Crippen MR) is 253 cm³/mol. The lowest BCUT2D eigenvalue weighted by Crippen LogP contribution is -2.53. The number of esters is 1. The zero-order chi connectivity index (χ0) is 48.3. The number of carbonyl (C=O) groups excluding carboxylic acids is 6. The second-order valence-electron chi connectivity index (χ2n) is 17.1. The largest absolute Gasteiger partial charge is 0.493 e. The highest BCUT2D eigenvalue weighted by Crippen LogP contribution is 2.34. The van der Waals surface area contributed by atoms with Crippen LogP contribution in [0.2, 0.25) is 0 Å². The number of rotatable bonds is 25. The predicted octanol–water partition coefficient (Wildman–Crippen LogP) is 6.38. The summed E-state index contributed by atoms with van der Waals surface area (Å²) in [4.78, 5) is 81.3. The fraction of sp³-hybridized carbons (Fsp3) is 0.520. The Hall–Kier alpha value is -5.71. The number of anilines is 2. The molecule has 2 N–H and O–H groups in total. The van der Waals surface area contributed by atoms with Gasteiger partial charge in [-0.15, -0.1) is 11.6 Å².